The Morgan fingerprint density at radius 3 is 1.84 bits per heavy atom. The van der Waals surface area contributed by atoms with Crippen molar-refractivity contribution in [2.45, 2.75) is 6.92 Å². The van der Waals surface area contributed by atoms with E-state index in [-0.39, 0.29) is 5.78 Å². The second-order valence-corrected chi connectivity index (χ2v) is 7.81. The number of rotatable bonds is 5. The van der Waals surface area contributed by atoms with Crippen molar-refractivity contribution in [1.29, 1.82) is 0 Å². The van der Waals surface area contributed by atoms with Gasteiger partial charge in [0.2, 0.25) is 0 Å². The number of ketones is 1. The van der Waals surface area contributed by atoms with Gasteiger partial charge in [-0.05, 0) is 6.92 Å². The molecule has 0 saturated heterocycles. The number of imidazole rings is 1. The molecule has 0 aliphatic carbocycles. The maximum atomic E-state index is 12.8. The Balaban J connectivity index is 1.56. The highest BCUT2D eigenvalue weighted by atomic mass is 16.1. The van der Waals surface area contributed by atoms with Crippen LogP contribution in [-0.4, -0.2) is 15.8 Å². The van der Waals surface area contributed by atoms with E-state index in [0.29, 0.717) is 11.1 Å². The van der Waals surface area contributed by atoms with Gasteiger partial charge in [-0.2, -0.15) is 0 Å². The van der Waals surface area contributed by atoms with Crippen LogP contribution in [0.15, 0.2) is 109 Å². The van der Waals surface area contributed by atoms with Gasteiger partial charge in [0.15, 0.2) is 5.78 Å². The number of aromatic nitrogens is 2. The Labute approximate surface area is 187 Å². The van der Waals surface area contributed by atoms with Gasteiger partial charge in [0.05, 0.1) is 11.4 Å². The van der Waals surface area contributed by atoms with Crippen molar-refractivity contribution in [1.82, 2.24) is 9.97 Å². The van der Waals surface area contributed by atoms with Crippen molar-refractivity contribution in [2.24, 2.45) is 0 Å². The van der Waals surface area contributed by atoms with Gasteiger partial charge >= 0.3 is 0 Å². The normalized spacial score (nSPS) is 10.8. The van der Waals surface area contributed by atoms with E-state index in [4.69, 9.17) is 4.98 Å². The molecule has 0 radical (unpaired) electrons. The van der Waals surface area contributed by atoms with E-state index in [1.165, 1.54) is 5.56 Å². The fourth-order valence-corrected chi connectivity index (χ4v) is 3.78. The number of carbonyl (C=O) groups is 1. The molecular formula is C29H22N2O. The Bertz CT molecular complexity index is 1350. The minimum atomic E-state index is 0.0189. The van der Waals surface area contributed by atoms with Crippen LogP contribution in [0.1, 0.15) is 21.5 Å². The van der Waals surface area contributed by atoms with E-state index in [9.17, 15) is 4.79 Å². The molecule has 1 heterocycles. The van der Waals surface area contributed by atoms with Crippen LogP contribution in [0, 0.1) is 6.92 Å². The Kier molecular flexibility index (Phi) is 5.22. The summed E-state index contributed by atoms with van der Waals surface area (Å²) in [6.45, 7) is 2.07. The van der Waals surface area contributed by atoms with E-state index in [1.807, 2.05) is 72.8 Å². The lowest BCUT2D eigenvalue weighted by atomic mass is 10.00. The second kappa shape index (κ2) is 8.48. The zero-order chi connectivity index (χ0) is 21.9. The molecule has 3 nitrogen and oxygen atoms in total. The number of carbonyl (C=O) groups excluding carboxylic acids is 1. The Morgan fingerprint density at radius 1 is 0.625 bits per heavy atom. The predicted octanol–water partition coefficient (Wildman–Crippen LogP) is 6.95. The minimum Gasteiger partial charge on any atom is -0.337 e. The maximum absolute atomic E-state index is 12.8. The third-order valence-corrected chi connectivity index (χ3v) is 5.55. The summed E-state index contributed by atoms with van der Waals surface area (Å²) in [5.41, 5.74) is 7.46. The molecule has 0 bridgehead atoms. The van der Waals surface area contributed by atoms with Crippen LogP contribution in [0.4, 0.5) is 0 Å². The third kappa shape index (κ3) is 3.88. The number of benzene rings is 4. The van der Waals surface area contributed by atoms with Crippen molar-refractivity contribution in [3.8, 4) is 33.9 Å². The van der Waals surface area contributed by atoms with Gasteiger partial charge in [-0.15, -0.1) is 0 Å². The van der Waals surface area contributed by atoms with Gasteiger partial charge in [0.1, 0.15) is 5.82 Å². The average molecular weight is 415 g/mol. The quantitative estimate of drug-likeness (QED) is 0.316. The summed E-state index contributed by atoms with van der Waals surface area (Å²) in [5, 5.41) is 0. The van der Waals surface area contributed by atoms with Gasteiger partial charge in [-0.1, -0.05) is 115 Å². The van der Waals surface area contributed by atoms with Crippen LogP contribution in [-0.2, 0) is 0 Å². The Morgan fingerprint density at radius 2 is 1.19 bits per heavy atom. The first-order valence-electron chi connectivity index (χ1n) is 10.6. The van der Waals surface area contributed by atoms with Gasteiger partial charge in [-0.25, -0.2) is 4.98 Å². The predicted molar refractivity (Wildman–Crippen MR) is 130 cm³/mol. The lowest BCUT2D eigenvalue weighted by Gasteiger charge is -2.05. The average Bonchev–Trinajstić information content (AvgIpc) is 3.31. The second-order valence-electron chi connectivity index (χ2n) is 7.81. The summed E-state index contributed by atoms with van der Waals surface area (Å²) >= 11 is 0. The SMILES string of the molecule is Cc1ccc(-c2nc(-c3ccccc3)c(-c3ccc(C(=O)c4ccccc4)cc3)[nH]2)cc1. The molecule has 0 unspecified atom stereocenters. The third-order valence-electron chi connectivity index (χ3n) is 5.55. The number of nitrogens with one attached hydrogen (secondary N) is 1. The molecule has 32 heavy (non-hydrogen) atoms. The summed E-state index contributed by atoms with van der Waals surface area (Å²) in [6.07, 6.45) is 0. The molecular weight excluding hydrogens is 392 g/mol. The topological polar surface area (TPSA) is 45.8 Å². The first-order valence-corrected chi connectivity index (χ1v) is 10.6. The summed E-state index contributed by atoms with van der Waals surface area (Å²) < 4.78 is 0. The highest BCUT2D eigenvalue weighted by molar-refractivity contribution is 6.09. The zero-order valence-corrected chi connectivity index (χ0v) is 17.7. The number of nitrogens with zero attached hydrogens (tertiary/aromatic N) is 1. The maximum Gasteiger partial charge on any atom is 0.193 e. The van der Waals surface area contributed by atoms with Crippen molar-refractivity contribution in [2.75, 3.05) is 0 Å². The van der Waals surface area contributed by atoms with E-state index < -0.39 is 0 Å². The number of hydrogen-bond acceptors (Lipinski definition) is 2. The zero-order valence-electron chi connectivity index (χ0n) is 17.7. The molecule has 0 saturated carbocycles. The van der Waals surface area contributed by atoms with Gasteiger partial charge in [0, 0.05) is 27.8 Å². The summed E-state index contributed by atoms with van der Waals surface area (Å²) in [7, 11) is 0. The van der Waals surface area contributed by atoms with E-state index in [2.05, 4.69) is 48.3 Å². The van der Waals surface area contributed by atoms with Crippen molar-refractivity contribution < 1.29 is 4.79 Å². The van der Waals surface area contributed by atoms with Crippen LogP contribution < -0.4 is 0 Å². The fraction of sp³-hybridized carbons (Fsp3) is 0.0345. The molecule has 1 N–H and O–H groups in total. The summed E-state index contributed by atoms with van der Waals surface area (Å²) in [5.74, 6) is 0.841. The monoisotopic (exact) mass is 414 g/mol. The summed E-state index contributed by atoms with van der Waals surface area (Å²) in [6, 6.07) is 35.6. The highest BCUT2D eigenvalue weighted by Gasteiger charge is 2.16. The molecule has 0 aliphatic rings. The van der Waals surface area contributed by atoms with Crippen molar-refractivity contribution in [3.63, 3.8) is 0 Å². The largest absolute Gasteiger partial charge is 0.337 e. The molecule has 5 rings (SSSR count). The van der Waals surface area contributed by atoms with Gasteiger partial charge < -0.3 is 4.98 Å². The van der Waals surface area contributed by atoms with Crippen LogP contribution in [0.2, 0.25) is 0 Å². The first kappa shape index (κ1) is 19.7. The lowest BCUT2D eigenvalue weighted by molar-refractivity contribution is 0.103. The smallest absolute Gasteiger partial charge is 0.193 e. The highest BCUT2D eigenvalue weighted by Crippen LogP contribution is 2.33. The lowest BCUT2D eigenvalue weighted by Crippen LogP contribution is -2.00. The minimum absolute atomic E-state index is 0.0189. The first-order chi connectivity index (χ1) is 15.7. The molecule has 3 heteroatoms. The van der Waals surface area contributed by atoms with Crippen LogP contribution in [0.5, 0.6) is 0 Å². The van der Waals surface area contributed by atoms with E-state index in [1.54, 1.807) is 0 Å². The Hall–Kier alpha value is -4.24. The molecule has 0 aliphatic heterocycles. The molecule has 5 aromatic rings. The molecule has 0 spiro atoms. The van der Waals surface area contributed by atoms with Crippen LogP contribution in [0.25, 0.3) is 33.9 Å². The molecule has 0 atom stereocenters. The van der Waals surface area contributed by atoms with E-state index in [0.717, 1.165) is 33.9 Å². The molecule has 0 fully saturated rings. The summed E-state index contributed by atoms with van der Waals surface area (Å²) in [4.78, 5) is 21.2. The number of H-pyrrole nitrogens is 1. The number of hydrogen-bond donors (Lipinski definition) is 1. The fourth-order valence-electron chi connectivity index (χ4n) is 3.78. The van der Waals surface area contributed by atoms with Gasteiger partial charge in [0.25, 0.3) is 0 Å². The van der Waals surface area contributed by atoms with Crippen LogP contribution >= 0.6 is 0 Å². The standard InChI is InChI=1S/C29H22N2O/c1-20-12-14-25(15-13-20)29-30-26(21-8-4-2-5-9-21)27(31-29)22-16-18-24(19-17-22)28(32)23-10-6-3-7-11-23/h2-19H,1H3,(H,30,31). The van der Waals surface area contributed by atoms with Gasteiger partial charge in [-0.3, -0.25) is 4.79 Å². The van der Waals surface area contributed by atoms with Crippen molar-refractivity contribution >= 4 is 5.78 Å². The molecule has 154 valence electrons. The number of aromatic amines is 1. The molecule has 0 amide bonds. The van der Waals surface area contributed by atoms with E-state index >= 15 is 0 Å². The number of aryl methyl sites for hydroxylation is 1. The van der Waals surface area contributed by atoms with Crippen molar-refractivity contribution in [3.05, 3.63) is 126 Å². The molecule has 4 aromatic carbocycles. The molecule has 1 aromatic heterocycles. The van der Waals surface area contributed by atoms with Crippen LogP contribution in [0.3, 0.4) is 0 Å².